The van der Waals surface area contributed by atoms with Crippen LogP contribution in [0, 0.1) is 0 Å². The largest absolute Gasteiger partial charge is 0.508 e. The normalized spacial score (nSPS) is 10.4. The highest BCUT2D eigenvalue weighted by Gasteiger charge is 2.06. The maximum atomic E-state index is 9.26. The molecule has 0 spiro atoms. The van der Waals surface area contributed by atoms with Crippen LogP contribution in [0.2, 0.25) is 0 Å². The molecule has 1 N–H and O–H groups in total. The summed E-state index contributed by atoms with van der Waals surface area (Å²) in [6, 6.07) is 20.8. The fourth-order valence-electron chi connectivity index (χ4n) is 1.88. The van der Waals surface area contributed by atoms with Crippen molar-refractivity contribution in [1.82, 2.24) is 0 Å². The molecule has 2 nitrogen and oxygen atoms in total. The van der Waals surface area contributed by atoms with E-state index in [4.69, 9.17) is 4.42 Å². The van der Waals surface area contributed by atoms with Gasteiger partial charge in [-0.05, 0) is 36.4 Å². The van der Waals surface area contributed by atoms with Crippen LogP contribution in [0.25, 0.3) is 22.6 Å². The molecule has 3 rings (SSSR count). The molecule has 0 saturated carbocycles. The molecule has 1 heterocycles. The zero-order chi connectivity index (χ0) is 12.4. The van der Waals surface area contributed by atoms with E-state index in [0.717, 1.165) is 22.6 Å². The number of aromatic hydroxyl groups is 1. The third kappa shape index (κ3) is 2.00. The maximum absolute atomic E-state index is 9.26. The van der Waals surface area contributed by atoms with Crippen LogP contribution >= 0.6 is 0 Å². The Bertz CT molecular complexity index is 636. The Morgan fingerprint density at radius 2 is 1.17 bits per heavy atom. The van der Waals surface area contributed by atoms with E-state index in [1.54, 1.807) is 12.1 Å². The van der Waals surface area contributed by atoms with Gasteiger partial charge in [-0.2, -0.15) is 0 Å². The van der Waals surface area contributed by atoms with Crippen LogP contribution < -0.4 is 0 Å². The van der Waals surface area contributed by atoms with Crippen LogP contribution in [-0.4, -0.2) is 5.11 Å². The average Bonchev–Trinajstić information content (AvgIpc) is 2.90. The Morgan fingerprint density at radius 3 is 1.78 bits per heavy atom. The molecule has 0 fully saturated rings. The maximum Gasteiger partial charge on any atom is 0.134 e. The monoisotopic (exact) mass is 236 g/mol. The van der Waals surface area contributed by atoms with Gasteiger partial charge in [-0.25, -0.2) is 0 Å². The molecule has 0 atom stereocenters. The van der Waals surface area contributed by atoms with Crippen LogP contribution in [0.15, 0.2) is 71.1 Å². The highest BCUT2D eigenvalue weighted by Crippen LogP contribution is 2.28. The summed E-state index contributed by atoms with van der Waals surface area (Å²) in [7, 11) is 0. The zero-order valence-corrected chi connectivity index (χ0v) is 9.71. The second-order valence-electron chi connectivity index (χ2n) is 4.08. The number of benzene rings is 2. The number of hydrogen-bond acceptors (Lipinski definition) is 2. The molecule has 0 aliphatic carbocycles. The minimum Gasteiger partial charge on any atom is -0.508 e. The Labute approximate surface area is 105 Å². The van der Waals surface area contributed by atoms with Gasteiger partial charge in [0.1, 0.15) is 17.3 Å². The molecule has 3 aromatic rings. The lowest BCUT2D eigenvalue weighted by atomic mass is 10.1. The van der Waals surface area contributed by atoms with E-state index in [-0.39, 0.29) is 5.75 Å². The Balaban J connectivity index is 1.97. The summed E-state index contributed by atoms with van der Waals surface area (Å²) in [5, 5.41) is 9.26. The molecule has 2 heteroatoms. The van der Waals surface area contributed by atoms with Gasteiger partial charge in [0.2, 0.25) is 0 Å². The van der Waals surface area contributed by atoms with E-state index in [2.05, 4.69) is 0 Å². The Hall–Kier alpha value is -2.48. The van der Waals surface area contributed by atoms with E-state index in [9.17, 15) is 5.11 Å². The van der Waals surface area contributed by atoms with E-state index < -0.39 is 0 Å². The molecule has 0 amide bonds. The van der Waals surface area contributed by atoms with Crippen molar-refractivity contribution in [3.63, 3.8) is 0 Å². The summed E-state index contributed by atoms with van der Waals surface area (Å²) in [5.74, 6) is 1.90. The smallest absolute Gasteiger partial charge is 0.134 e. The average molecular weight is 236 g/mol. The lowest BCUT2D eigenvalue weighted by Crippen LogP contribution is -1.73. The van der Waals surface area contributed by atoms with Crippen molar-refractivity contribution in [3.05, 3.63) is 66.7 Å². The van der Waals surface area contributed by atoms with Gasteiger partial charge in [-0.15, -0.1) is 0 Å². The first-order valence-corrected chi connectivity index (χ1v) is 5.77. The minimum absolute atomic E-state index is 0.258. The summed E-state index contributed by atoms with van der Waals surface area (Å²) in [6.07, 6.45) is 0. The first kappa shape index (κ1) is 10.7. The predicted octanol–water partition coefficient (Wildman–Crippen LogP) is 4.32. The summed E-state index contributed by atoms with van der Waals surface area (Å²) >= 11 is 0. The quantitative estimate of drug-likeness (QED) is 0.718. The molecule has 0 unspecified atom stereocenters. The summed E-state index contributed by atoms with van der Waals surface area (Å²) in [6.45, 7) is 0. The SMILES string of the molecule is Oc1ccc(-c2ccc(-c3ccccc3)o2)cc1. The van der Waals surface area contributed by atoms with Crippen LogP contribution in [-0.2, 0) is 0 Å². The van der Waals surface area contributed by atoms with Gasteiger partial charge in [0, 0.05) is 11.1 Å². The molecule has 0 aliphatic heterocycles. The lowest BCUT2D eigenvalue weighted by molar-refractivity contribution is 0.475. The molecule has 0 saturated heterocycles. The molecular weight excluding hydrogens is 224 g/mol. The van der Waals surface area contributed by atoms with Crippen molar-refractivity contribution in [1.29, 1.82) is 0 Å². The van der Waals surface area contributed by atoms with Crippen molar-refractivity contribution in [2.24, 2.45) is 0 Å². The number of phenolic OH excluding ortho intramolecular Hbond substituents is 1. The van der Waals surface area contributed by atoms with E-state index in [1.165, 1.54) is 0 Å². The first-order chi connectivity index (χ1) is 8.83. The predicted molar refractivity (Wildman–Crippen MR) is 71.2 cm³/mol. The highest BCUT2D eigenvalue weighted by atomic mass is 16.3. The fraction of sp³-hybridized carbons (Fsp3) is 0. The highest BCUT2D eigenvalue weighted by molar-refractivity contribution is 5.65. The first-order valence-electron chi connectivity index (χ1n) is 5.77. The van der Waals surface area contributed by atoms with E-state index in [0.29, 0.717) is 0 Å². The van der Waals surface area contributed by atoms with Gasteiger partial charge in [0.25, 0.3) is 0 Å². The van der Waals surface area contributed by atoms with Crippen molar-refractivity contribution < 1.29 is 9.52 Å². The van der Waals surface area contributed by atoms with Crippen molar-refractivity contribution in [3.8, 4) is 28.4 Å². The molecular formula is C16H12O2. The van der Waals surface area contributed by atoms with Gasteiger partial charge in [-0.1, -0.05) is 30.3 Å². The van der Waals surface area contributed by atoms with Crippen molar-refractivity contribution in [2.75, 3.05) is 0 Å². The molecule has 0 aliphatic rings. The fourth-order valence-corrected chi connectivity index (χ4v) is 1.88. The summed E-state index contributed by atoms with van der Waals surface area (Å²) in [5.41, 5.74) is 2.01. The minimum atomic E-state index is 0.258. The molecule has 2 aromatic carbocycles. The summed E-state index contributed by atoms with van der Waals surface area (Å²) < 4.78 is 5.81. The van der Waals surface area contributed by atoms with Crippen LogP contribution in [0.1, 0.15) is 0 Å². The number of hydrogen-bond donors (Lipinski definition) is 1. The second kappa shape index (κ2) is 4.41. The molecule has 18 heavy (non-hydrogen) atoms. The topological polar surface area (TPSA) is 33.4 Å². The van der Waals surface area contributed by atoms with Crippen molar-refractivity contribution >= 4 is 0 Å². The van der Waals surface area contributed by atoms with Gasteiger partial charge >= 0.3 is 0 Å². The van der Waals surface area contributed by atoms with Gasteiger partial charge in [0.05, 0.1) is 0 Å². The molecule has 88 valence electrons. The van der Waals surface area contributed by atoms with Gasteiger partial charge < -0.3 is 9.52 Å². The molecule has 1 aromatic heterocycles. The van der Waals surface area contributed by atoms with E-state index >= 15 is 0 Å². The van der Waals surface area contributed by atoms with Crippen LogP contribution in [0.4, 0.5) is 0 Å². The third-order valence-electron chi connectivity index (χ3n) is 2.82. The van der Waals surface area contributed by atoms with Gasteiger partial charge in [0.15, 0.2) is 0 Å². The Morgan fingerprint density at radius 1 is 0.611 bits per heavy atom. The summed E-state index contributed by atoms with van der Waals surface area (Å²) in [4.78, 5) is 0. The number of phenols is 1. The van der Waals surface area contributed by atoms with Gasteiger partial charge in [-0.3, -0.25) is 0 Å². The molecule has 0 bridgehead atoms. The second-order valence-corrected chi connectivity index (χ2v) is 4.08. The lowest BCUT2D eigenvalue weighted by Gasteiger charge is -1.98. The van der Waals surface area contributed by atoms with E-state index in [1.807, 2.05) is 54.6 Å². The Kier molecular flexibility index (Phi) is 2.61. The molecule has 0 radical (unpaired) electrons. The zero-order valence-electron chi connectivity index (χ0n) is 9.71. The van der Waals surface area contributed by atoms with Crippen molar-refractivity contribution in [2.45, 2.75) is 0 Å². The number of rotatable bonds is 2. The van der Waals surface area contributed by atoms with Crippen LogP contribution in [0.3, 0.4) is 0 Å². The van der Waals surface area contributed by atoms with Crippen LogP contribution in [0.5, 0.6) is 5.75 Å². The number of furan rings is 1. The standard InChI is InChI=1S/C16H12O2/c17-14-8-6-13(7-9-14)16-11-10-15(18-16)12-4-2-1-3-5-12/h1-11,17H. The third-order valence-corrected chi connectivity index (χ3v) is 2.82.